The van der Waals surface area contributed by atoms with E-state index >= 15 is 0 Å². The van der Waals surface area contributed by atoms with Gasteiger partial charge in [-0.25, -0.2) is 0 Å². The lowest BCUT2D eigenvalue weighted by Crippen LogP contribution is -2.28. The molecule has 26 heavy (non-hydrogen) atoms. The van der Waals surface area contributed by atoms with Gasteiger partial charge in [0.05, 0.1) is 33.1 Å². The average molecular weight is 482 g/mol. The number of benzene rings is 1. The van der Waals surface area contributed by atoms with E-state index in [1.807, 2.05) is 26.0 Å². The minimum Gasteiger partial charge on any atom is -0.489 e. The Labute approximate surface area is 168 Å². The van der Waals surface area contributed by atoms with Crippen molar-refractivity contribution in [2.24, 2.45) is 28.8 Å². The summed E-state index contributed by atoms with van der Waals surface area (Å²) in [4.78, 5) is 25.3. The van der Waals surface area contributed by atoms with Crippen LogP contribution in [-0.4, -0.2) is 29.1 Å². The zero-order valence-corrected chi connectivity index (χ0v) is 17.5. The van der Waals surface area contributed by atoms with Crippen LogP contribution in [0.2, 0.25) is 0 Å². The summed E-state index contributed by atoms with van der Waals surface area (Å²) in [6.45, 7) is 3.91. The standard InChI is InChI=1S/C19H18Br2N2O3/c1-9(2)26-17-13(20)5-10(6-14(17)21)8-22-23-18(24)15-11-3-4-12(7-11)16(15)19(23)25/h3-6,8-9,11-12,15-16H,7H2,1-2H3. The molecule has 0 N–H and O–H groups in total. The van der Waals surface area contributed by atoms with Crippen LogP contribution < -0.4 is 4.74 Å². The van der Waals surface area contributed by atoms with Gasteiger partial charge in [-0.05, 0) is 81.7 Å². The second-order valence-electron chi connectivity index (χ2n) is 7.21. The Morgan fingerprint density at radius 1 is 1.12 bits per heavy atom. The summed E-state index contributed by atoms with van der Waals surface area (Å²) >= 11 is 6.99. The fraction of sp³-hybridized carbons (Fsp3) is 0.421. The molecule has 1 aromatic rings. The smallest absolute Gasteiger partial charge is 0.254 e. The molecule has 1 aromatic carbocycles. The van der Waals surface area contributed by atoms with Crippen molar-refractivity contribution < 1.29 is 14.3 Å². The molecule has 2 amide bonds. The van der Waals surface area contributed by atoms with E-state index in [1.165, 1.54) is 0 Å². The largest absolute Gasteiger partial charge is 0.489 e. The van der Waals surface area contributed by atoms with Crippen LogP contribution in [0.15, 0.2) is 38.3 Å². The van der Waals surface area contributed by atoms with E-state index in [4.69, 9.17) is 4.74 Å². The first kappa shape index (κ1) is 17.9. The van der Waals surface area contributed by atoms with Crippen LogP contribution >= 0.6 is 31.9 Å². The maximum Gasteiger partial charge on any atom is 0.254 e. The van der Waals surface area contributed by atoms with Crippen molar-refractivity contribution in [3.63, 3.8) is 0 Å². The van der Waals surface area contributed by atoms with Crippen LogP contribution in [-0.2, 0) is 9.59 Å². The lowest BCUT2D eigenvalue weighted by molar-refractivity contribution is -0.140. The molecule has 4 unspecified atom stereocenters. The minimum absolute atomic E-state index is 0.0466. The Morgan fingerprint density at radius 2 is 1.65 bits per heavy atom. The molecule has 4 rings (SSSR count). The molecule has 0 spiro atoms. The fourth-order valence-electron chi connectivity index (χ4n) is 4.13. The maximum absolute atomic E-state index is 12.6. The number of carbonyl (C=O) groups is 2. The highest BCUT2D eigenvalue weighted by atomic mass is 79.9. The summed E-state index contributed by atoms with van der Waals surface area (Å²) in [7, 11) is 0. The van der Waals surface area contributed by atoms with Crippen LogP contribution in [0.1, 0.15) is 25.8 Å². The van der Waals surface area contributed by atoms with Crippen LogP contribution in [0.5, 0.6) is 5.75 Å². The van der Waals surface area contributed by atoms with Gasteiger partial charge in [-0.15, -0.1) is 0 Å². The van der Waals surface area contributed by atoms with Gasteiger partial charge >= 0.3 is 0 Å². The van der Waals surface area contributed by atoms with Crippen molar-refractivity contribution in [1.29, 1.82) is 0 Å². The first-order valence-electron chi connectivity index (χ1n) is 8.62. The molecule has 1 saturated carbocycles. The van der Waals surface area contributed by atoms with Gasteiger partial charge in [0.25, 0.3) is 11.8 Å². The number of rotatable bonds is 4. The third kappa shape index (κ3) is 2.85. The van der Waals surface area contributed by atoms with Crippen LogP contribution in [0, 0.1) is 23.7 Å². The molecule has 0 radical (unpaired) electrons. The number of imide groups is 1. The quantitative estimate of drug-likeness (QED) is 0.369. The number of hydrogen-bond acceptors (Lipinski definition) is 4. The van der Waals surface area contributed by atoms with Crippen molar-refractivity contribution in [2.75, 3.05) is 0 Å². The van der Waals surface area contributed by atoms with Crippen LogP contribution in [0.3, 0.4) is 0 Å². The first-order chi connectivity index (χ1) is 12.4. The molecule has 1 heterocycles. The van der Waals surface area contributed by atoms with E-state index in [9.17, 15) is 9.59 Å². The number of halogens is 2. The highest BCUT2D eigenvalue weighted by Gasteiger charge is 2.59. The van der Waals surface area contributed by atoms with Gasteiger partial charge in [-0.3, -0.25) is 9.59 Å². The highest BCUT2D eigenvalue weighted by Crippen LogP contribution is 2.52. The predicted molar refractivity (Wildman–Crippen MR) is 105 cm³/mol. The number of ether oxygens (including phenoxy) is 1. The Kier molecular flexibility index (Phi) is 4.55. The van der Waals surface area contributed by atoms with Gasteiger partial charge in [0, 0.05) is 0 Å². The lowest BCUT2D eigenvalue weighted by atomic mass is 9.85. The Bertz CT molecular complexity index is 796. The van der Waals surface area contributed by atoms with Gasteiger partial charge in [0.1, 0.15) is 5.75 Å². The molecule has 2 aliphatic carbocycles. The second kappa shape index (κ2) is 6.60. The topological polar surface area (TPSA) is 59.0 Å². The SMILES string of the molecule is CC(C)Oc1c(Br)cc(C=NN2C(=O)C3C4C=CC(C4)C3C2=O)cc1Br. The molecule has 5 nitrogen and oxygen atoms in total. The molecule has 7 heteroatoms. The van der Waals surface area contributed by atoms with Gasteiger partial charge in [-0.1, -0.05) is 12.2 Å². The Balaban J connectivity index is 1.56. The molecule has 4 atom stereocenters. The summed E-state index contributed by atoms with van der Waals surface area (Å²) in [5.41, 5.74) is 0.763. The summed E-state index contributed by atoms with van der Waals surface area (Å²) < 4.78 is 7.32. The summed E-state index contributed by atoms with van der Waals surface area (Å²) in [6, 6.07) is 3.70. The average Bonchev–Trinajstić information content (AvgIpc) is 3.24. The van der Waals surface area contributed by atoms with E-state index < -0.39 is 0 Å². The highest BCUT2D eigenvalue weighted by molar-refractivity contribution is 9.11. The monoisotopic (exact) mass is 480 g/mol. The van der Waals surface area contributed by atoms with Gasteiger partial charge in [0.2, 0.25) is 0 Å². The second-order valence-corrected chi connectivity index (χ2v) is 8.92. The third-order valence-electron chi connectivity index (χ3n) is 5.14. The zero-order valence-electron chi connectivity index (χ0n) is 14.4. The number of allylic oxidation sites excluding steroid dienone is 2. The van der Waals surface area contributed by atoms with Crippen molar-refractivity contribution in [2.45, 2.75) is 26.4 Å². The molecule has 2 fully saturated rings. The maximum atomic E-state index is 12.6. The van der Waals surface area contributed by atoms with Gasteiger partial charge in [0.15, 0.2) is 0 Å². The summed E-state index contributed by atoms with van der Waals surface area (Å²) in [5.74, 6) is 0.291. The molecule has 3 aliphatic rings. The number of hydrogen-bond donors (Lipinski definition) is 0. The van der Waals surface area contributed by atoms with E-state index in [-0.39, 0.29) is 41.6 Å². The number of amides is 2. The minimum atomic E-state index is -0.227. The van der Waals surface area contributed by atoms with Crippen molar-refractivity contribution in [1.82, 2.24) is 5.01 Å². The van der Waals surface area contributed by atoms with E-state index in [0.717, 1.165) is 25.9 Å². The summed E-state index contributed by atoms with van der Waals surface area (Å²) in [5, 5.41) is 5.26. The fourth-order valence-corrected chi connectivity index (χ4v) is 5.54. The van der Waals surface area contributed by atoms with Gasteiger partial charge in [-0.2, -0.15) is 10.1 Å². The Morgan fingerprint density at radius 3 is 2.15 bits per heavy atom. The van der Waals surface area contributed by atoms with E-state index in [1.54, 1.807) is 6.21 Å². The Hall–Kier alpha value is -1.47. The molecule has 136 valence electrons. The number of nitrogens with zero attached hydrogens (tertiary/aromatic N) is 2. The number of carbonyl (C=O) groups excluding carboxylic acids is 2. The van der Waals surface area contributed by atoms with Crippen LogP contribution in [0.25, 0.3) is 0 Å². The predicted octanol–water partition coefficient (Wildman–Crippen LogP) is 4.14. The molecule has 1 aliphatic heterocycles. The summed E-state index contributed by atoms with van der Waals surface area (Å²) in [6.07, 6.45) is 6.66. The normalized spacial score (nSPS) is 29.5. The molecule has 0 aromatic heterocycles. The van der Waals surface area contributed by atoms with E-state index in [2.05, 4.69) is 49.1 Å². The molecular formula is C19H18Br2N2O3. The zero-order chi connectivity index (χ0) is 18.6. The van der Waals surface area contributed by atoms with Crippen molar-refractivity contribution >= 4 is 49.9 Å². The molecular weight excluding hydrogens is 464 g/mol. The molecule has 1 saturated heterocycles. The van der Waals surface area contributed by atoms with Crippen molar-refractivity contribution in [3.8, 4) is 5.75 Å². The number of fused-ring (bicyclic) bond motifs is 5. The van der Waals surface area contributed by atoms with E-state index in [0.29, 0.717) is 5.75 Å². The molecule has 2 bridgehead atoms. The van der Waals surface area contributed by atoms with Gasteiger partial charge < -0.3 is 4.74 Å². The van der Waals surface area contributed by atoms with Crippen molar-refractivity contribution in [3.05, 3.63) is 38.8 Å². The van der Waals surface area contributed by atoms with Crippen LogP contribution in [0.4, 0.5) is 0 Å². The number of hydrazone groups is 1. The third-order valence-corrected chi connectivity index (χ3v) is 6.32. The lowest BCUT2D eigenvalue weighted by Gasteiger charge is -2.14. The first-order valence-corrected chi connectivity index (χ1v) is 10.2.